The third kappa shape index (κ3) is 6.52. The maximum atomic E-state index is 11.8. The summed E-state index contributed by atoms with van der Waals surface area (Å²) in [6.45, 7) is 6.48. The van der Waals surface area contributed by atoms with Gasteiger partial charge >= 0.3 is 6.03 Å². The maximum Gasteiger partial charge on any atom is 0.315 e. The third-order valence-electron chi connectivity index (χ3n) is 3.63. The summed E-state index contributed by atoms with van der Waals surface area (Å²) in [6, 6.07) is 0.239. The van der Waals surface area contributed by atoms with Crippen molar-refractivity contribution in [3.05, 3.63) is 0 Å². The molecule has 0 aromatic carbocycles. The van der Waals surface area contributed by atoms with Crippen LogP contribution in [0.25, 0.3) is 0 Å². The first kappa shape index (κ1) is 16.6. The van der Waals surface area contributed by atoms with Crippen LogP contribution in [0.15, 0.2) is 0 Å². The lowest BCUT2D eigenvalue weighted by molar-refractivity contribution is 0.128. The molecule has 1 rings (SSSR count). The molecule has 0 saturated heterocycles. The van der Waals surface area contributed by atoms with Crippen LogP contribution in [-0.4, -0.2) is 41.3 Å². The zero-order valence-corrected chi connectivity index (χ0v) is 13.3. The smallest absolute Gasteiger partial charge is 0.315 e. The van der Waals surface area contributed by atoms with Crippen LogP contribution >= 0.6 is 11.8 Å². The Balaban J connectivity index is 2.24. The van der Waals surface area contributed by atoms with Gasteiger partial charge in [0.15, 0.2) is 0 Å². The van der Waals surface area contributed by atoms with Gasteiger partial charge in [0.2, 0.25) is 0 Å². The molecule has 1 aliphatic carbocycles. The number of rotatable bonds is 6. The molecule has 1 saturated carbocycles. The number of thioether (sulfide) groups is 1. The van der Waals surface area contributed by atoms with Gasteiger partial charge in [-0.25, -0.2) is 4.79 Å². The molecule has 3 atom stereocenters. The van der Waals surface area contributed by atoms with Crippen molar-refractivity contribution in [2.24, 2.45) is 5.41 Å². The highest BCUT2D eigenvalue weighted by Crippen LogP contribution is 2.28. The molecule has 0 bridgehead atoms. The number of aliphatic hydroxyl groups excluding tert-OH is 1. The topological polar surface area (TPSA) is 61.4 Å². The summed E-state index contributed by atoms with van der Waals surface area (Å²) >= 11 is 1.89. The average Bonchev–Trinajstić information content (AvgIpc) is 2.72. The van der Waals surface area contributed by atoms with Crippen LogP contribution < -0.4 is 10.6 Å². The van der Waals surface area contributed by atoms with Gasteiger partial charge in [0, 0.05) is 17.8 Å². The molecule has 3 unspecified atom stereocenters. The van der Waals surface area contributed by atoms with E-state index in [0.717, 1.165) is 12.8 Å². The lowest BCUT2D eigenvalue weighted by atomic mass is 9.87. The van der Waals surface area contributed by atoms with Crippen molar-refractivity contribution in [3.63, 3.8) is 0 Å². The molecule has 1 aliphatic rings. The maximum absolute atomic E-state index is 11.8. The van der Waals surface area contributed by atoms with Crippen molar-refractivity contribution in [1.82, 2.24) is 10.6 Å². The number of carbonyl (C=O) groups is 1. The van der Waals surface area contributed by atoms with Gasteiger partial charge in [0.1, 0.15) is 0 Å². The molecule has 0 aromatic heterocycles. The predicted octanol–water partition coefficient (Wildman–Crippen LogP) is 2.37. The number of amides is 2. The Morgan fingerprint density at radius 2 is 2.16 bits per heavy atom. The Kier molecular flexibility index (Phi) is 6.47. The fourth-order valence-corrected chi connectivity index (χ4v) is 3.51. The van der Waals surface area contributed by atoms with Gasteiger partial charge in [0.25, 0.3) is 0 Å². The highest BCUT2D eigenvalue weighted by atomic mass is 32.2. The van der Waals surface area contributed by atoms with Crippen LogP contribution in [0.2, 0.25) is 0 Å². The molecule has 3 N–H and O–H groups in total. The molecular weight excluding hydrogens is 260 g/mol. The summed E-state index contributed by atoms with van der Waals surface area (Å²) in [5.74, 6) is 0. The number of hydrogen-bond donors (Lipinski definition) is 3. The average molecular weight is 288 g/mol. The van der Waals surface area contributed by atoms with Crippen molar-refractivity contribution in [1.29, 1.82) is 0 Å². The summed E-state index contributed by atoms with van der Waals surface area (Å²) in [4.78, 5) is 11.8. The minimum Gasteiger partial charge on any atom is -0.393 e. The van der Waals surface area contributed by atoms with E-state index in [-0.39, 0.29) is 17.6 Å². The molecule has 0 heterocycles. The van der Waals surface area contributed by atoms with Crippen molar-refractivity contribution >= 4 is 17.8 Å². The predicted molar refractivity (Wildman–Crippen MR) is 81.6 cm³/mol. The molecule has 1 fully saturated rings. The highest BCUT2D eigenvalue weighted by Gasteiger charge is 2.26. The molecule has 0 aliphatic heterocycles. The van der Waals surface area contributed by atoms with E-state index >= 15 is 0 Å². The monoisotopic (exact) mass is 288 g/mol. The minimum atomic E-state index is -0.336. The van der Waals surface area contributed by atoms with E-state index in [1.165, 1.54) is 6.42 Å². The number of aliphatic hydroxyl groups is 1. The molecule has 5 heteroatoms. The molecule has 0 spiro atoms. The number of hydrogen-bond acceptors (Lipinski definition) is 3. The number of nitrogens with one attached hydrogen (secondary N) is 2. The zero-order chi connectivity index (χ0) is 14.5. The van der Waals surface area contributed by atoms with Crippen LogP contribution in [-0.2, 0) is 0 Å². The highest BCUT2D eigenvalue weighted by molar-refractivity contribution is 7.99. The van der Waals surface area contributed by atoms with Crippen LogP contribution in [0.1, 0.15) is 46.5 Å². The molecule has 2 amide bonds. The van der Waals surface area contributed by atoms with E-state index in [9.17, 15) is 9.90 Å². The van der Waals surface area contributed by atoms with E-state index in [1.54, 1.807) is 6.92 Å². The third-order valence-corrected chi connectivity index (χ3v) is 4.72. The molecule has 112 valence electrons. The molecule has 0 aromatic rings. The second kappa shape index (κ2) is 7.39. The Morgan fingerprint density at radius 3 is 2.68 bits per heavy atom. The quantitative estimate of drug-likeness (QED) is 0.703. The SMILES string of the molecule is CSC1CCC(NC(=O)NCC(C)(C)CC(C)O)C1. The second-order valence-electron chi connectivity index (χ2n) is 6.41. The van der Waals surface area contributed by atoms with Crippen molar-refractivity contribution < 1.29 is 9.90 Å². The van der Waals surface area contributed by atoms with Gasteiger partial charge in [0.05, 0.1) is 6.10 Å². The Bertz CT molecular complexity index is 295. The fraction of sp³-hybridized carbons (Fsp3) is 0.929. The largest absolute Gasteiger partial charge is 0.393 e. The van der Waals surface area contributed by atoms with Gasteiger partial charge in [-0.2, -0.15) is 11.8 Å². The summed E-state index contributed by atoms with van der Waals surface area (Å²) in [6.07, 6.45) is 5.83. The fourth-order valence-electron chi connectivity index (χ4n) is 2.71. The van der Waals surface area contributed by atoms with Crippen molar-refractivity contribution in [3.8, 4) is 0 Å². The van der Waals surface area contributed by atoms with Crippen molar-refractivity contribution in [2.75, 3.05) is 12.8 Å². The number of carbonyl (C=O) groups excluding carboxylic acids is 1. The van der Waals surface area contributed by atoms with Gasteiger partial charge in [-0.05, 0) is 44.3 Å². The van der Waals surface area contributed by atoms with Crippen molar-refractivity contribution in [2.45, 2.75) is 63.9 Å². The zero-order valence-electron chi connectivity index (χ0n) is 12.5. The normalized spacial score (nSPS) is 25.1. The van der Waals surface area contributed by atoms with Gasteiger partial charge < -0.3 is 15.7 Å². The van der Waals surface area contributed by atoms with Crippen LogP contribution in [0.4, 0.5) is 4.79 Å². The van der Waals surface area contributed by atoms with E-state index in [4.69, 9.17) is 0 Å². The second-order valence-corrected chi connectivity index (χ2v) is 7.55. The lowest BCUT2D eigenvalue weighted by Gasteiger charge is -2.26. The Hall–Kier alpha value is -0.420. The molecule has 4 nitrogen and oxygen atoms in total. The molecule has 0 radical (unpaired) electrons. The first-order chi connectivity index (χ1) is 8.82. The van der Waals surface area contributed by atoms with Gasteiger partial charge in [-0.1, -0.05) is 13.8 Å². The summed E-state index contributed by atoms with van der Waals surface area (Å²) < 4.78 is 0. The van der Waals surface area contributed by atoms with E-state index < -0.39 is 0 Å². The van der Waals surface area contributed by atoms with E-state index in [0.29, 0.717) is 24.3 Å². The Morgan fingerprint density at radius 1 is 1.47 bits per heavy atom. The summed E-state index contributed by atoms with van der Waals surface area (Å²) in [5.41, 5.74) is -0.0804. The molecule has 19 heavy (non-hydrogen) atoms. The summed E-state index contributed by atoms with van der Waals surface area (Å²) in [5, 5.41) is 16.1. The van der Waals surface area contributed by atoms with Gasteiger partial charge in [-0.3, -0.25) is 0 Å². The minimum absolute atomic E-state index is 0.0783. The van der Waals surface area contributed by atoms with Crippen LogP contribution in [0.3, 0.4) is 0 Å². The molecular formula is C14H28N2O2S. The summed E-state index contributed by atoms with van der Waals surface area (Å²) in [7, 11) is 0. The van der Waals surface area contributed by atoms with Crippen LogP contribution in [0.5, 0.6) is 0 Å². The number of urea groups is 1. The Labute approximate surface area is 121 Å². The van der Waals surface area contributed by atoms with Gasteiger partial charge in [-0.15, -0.1) is 0 Å². The first-order valence-electron chi connectivity index (χ1n) is 7.07. The van der Waals surface area contributed by atoms with Crippen LogP contribution in [0, 0.1) is 5.41 Å². The first-order valence-corrected chi connectivity index (χ1v) is 8.36. The van der Waals surface area contributed by atoms with E-state index in [1.807, 2.05) is 11.8 Å². The lowest BCUT2D eigenvalue weighted by Crippen LogP contribution is -2.44. The van der Waals surface area contributed by atoms with E-state index in [2.05, 4.69) is 30.7 Å². The standard InChI is InChI=1S/C14H28N2O2S/c1-10(17)8-14(2,3)9-15-13(18)16-11-5-6-12(7-11)19-4/h10-12,17H,5-9H2,1-4H3,(H2,15,16,18).